The first-order chi connectivity index (χ1) is 14.7. The Morgan fingerprint density at radius 3 is 2.45 bits per heavy atom. The smallest absolute Gasteiger partial charge is 0.293 e. The number of sulfone groups is 1. The number of anilines is 1. The Bertz CT molecular complexity index is 1100. The molecule has 0 bridgehead atoms. The molecule has 10 heteroatoms. The number of nitrogens with zero attached hydrogens (tertiary/aromatic N) is 2. The first-order valence-electron chi connectivity index (χ1n) is 9.83. The largest absolute Gasteiger partial charge is 0.357 e. The summed E-state index contributed by atoms with van der Waals surface area (Å²) in [5.41, 5.74) is 0.535. The molecule has 1 atom stereocenters. The van der Waals surface area contributed by atoms with E-state index in [-0.39, 0.29) is 40.8 Å². The molecule has 164 valence electrons. The third-order valence-corrected chi connectivity index (χ3v) is 6.89. The van der Waals surface area contributed by atoms with Gasteiger partial charge in [0.1, 0.15) is 5.69 Å². The Labute approximate surface area is 180 Å². The normalized spacial score (nSPS) is 17.1. The molecule has 0 unspecified atom stereocenters. The molecule has 0 aromatic heterocycles. The predicted octanol–water partition coefficient (Wildman–Crippen LogP) is 1.96. The van der Waals surface area contributed by atoms with Crippen LogP contribution in [0.15, 0.2) is 48.5 Å². The number of rotatable bonds is 8. The van der Waals surface area contributed by atoms with E-state index in [4.69, 9.17) is 0 Å². The van der Waals surface area contributed by atoms with Gasteiger partial charge in [-0.3, -0.25) is 19.7 Å². The molecule has 2 aromatic carbocycles. The van der Waals surface area contributed by atoms with Gasteiger partial charge in [-0.15, -0.1) is 0 Å². The molecule has 1 amide bonds. The highest BCUT2D eigenvalue weighted by Crippen LogP contribution is 2.30. The Kier molecular flexibility index (Phi) is 6.69. The highest BCUT2D eigenvalue weighted by molar-refractivity contribution is 7.91. The van der Waals surface area contributed by atoms with Gasteiger partial charge in [-0.1, -0.05) is 30.3 Å². The van der Waals surface area contributed by atoms with Crippen LogP contribution in [0.25, 0.3) is 0 Å². The van der Waals surface area contributed by atoms with Crippen LogP contribution in [-0.4, -0.2) is 55.7 Å². The molecule has 1 heterocycles. The van der Waals surface area contributed by atoms with Gasteiger partial charge < -0.3 is 10.2 Å². The molecule has 2 aromatic rings. The van der Waals surface area contributed by atoms with E-state index >= 15 is 0 Å². The van der Waals surface area contributed by atoms with Crippen molar-refractivity contribution in [1.29, 1.82) is 0 Å². The topological polar surface area (TPSA) is 127 Å². The number of benzene rings is 2. The maximum atomic E-state index is 12.6. The van der Waals surface area contributed by atoms with Crippen LogP contribution in [0.2, 0.25) is 0 Å². The van der Waals surface area contributed by atoms with Crippen LogP contribution in [0.5, 0.6) is 0 Å². The standard InChI is InChI=1S/C21H23N3O6S/c1-2-23(13-20(25)22-17-10-11-31(29,30)14-17)18-9-8-16(12-19(18)24(27)28)21(26)15-6-4-3-5-7-15/h3-9,12,17H,2,10-11,13-14H2,1H3,(H,22,25)/t17-/m0/s1. The van der Waals surface area contributed by atoms with Gasteiger partial charge in [0.25, 0.3) is 5.69 Å². The zero-order valence-electron chi connectivity index (χ0n) is 17.0. The Hall–Kier alpha value is -3.27. The number of carbonyl (C=O) groups is 2. The van der Waals surface area contributed by atoms with Crippen LogP contribution < -0.4 is 10.2 Å². The lowest BCUT2D eigenvalue weighted by atomic mass is 10.0. The molecule has 1 aliphatic heterocycles. The van der Waals surface area contributed by atoms with E-state index in [9.17, 15) is 28.1 Å². The minimum atomic E-state index is -3.13. The van der Waals surface area contributed by atoms with Gasteiger partial charge >= 0.3 is 0 Å². The second-order valence-corrected chi connectivity index (χ2v) is 9.57. The highest BCUT2D eigenvalue weighted by Gasteiger charge is 2.30. The maximum absolute atomic E-state index is 12.6. The van der Waals surface area contributed by atoms with Crippen LogP contribution in [-0.2, 0) is 14.6 Å². The van der Waals surface area contributed by atoms with Gasteiger partial charge in [-0.05, 0) is 25.5 Å². The molecule has 0 aliphatic carbocycles. The third-order valence-electron chi connectivity index (χ3n) is 5.12. The fraction of sp³-hybridized carbons (Fsp3) is 0.333. The number of nitro groups is 1. The van der Waals surface area contributed by atoms with E-state index in [2.05, 4.69) is 5.32 Å². The van der Waals surface area contributed by atoms with E-state index in [1.165, 1.54) is 23.1 Å². The number of carbonyl (C=O) groups excluding carboxylic acids is 2. The summed E-state index contributed by atoms with van der Waals surface area (Å²) >= 11 is 0. The summed E-state index contributed by atoms with van der Waals surface area (Å²) in [4.78, 5) is 37.7. The first-order valence-corrected chi connectivity index (χ1v) is 11.6. The Morgan fingerprint density at radius 2 is 1.87 bits per heavy atom. The molecule has 1 aliphatic rings. The summed E-state index contributed by atoms with van der Waals surface area (Å²) in [5, 5.41) is 14.4. The molecular weight excluding hydrogens is 422 g/mol. The van der Waals surface area contributed by atoms with Crippen molar-refractivity contribution in [3.05, 3.63) is 69.8 Å². The molecule has 0 radical (unpaired) electrons. The molecule has 0 spiro atoms. The van der Waals surface area contributed by atoms with Crippen LogP contribution in [0, 0.1) is 10.1 Å². The van der Waals surface area contributed by atoms with E-state index < -0.39 is 26.7 Å². The van der Waals surface area contributed by atoms with Gasteiger partial charge in [0, 0.05) is 29.8 Å². The SMILES string of the molecule is CCN(CC(=O)N[C@H]1CCS(=O)(=O)C1)c1ccc(C(=O)c2ccccc2)cc1[N+](=O)[O-]. The minimum absolute atomic E-state index is 0.0395. The molecule has 0 saturated carbocycles. The van der Waals surface area contributed by atoms with Crippen LogP contribution in [0.1, 0.15) is 29.3 Å². The Balaban J connectivity index is 1.80. The average molecular weight is 445 g/mol. The van der Waals surface area contributed by atoms with Crippen molar-refractivity contribution < 1.29 is 22.9 Å². The summed E-state index contributed by atoms with van der Waals surface area (Å²) in [6.45, 7) is 1.89. The zero-order valence-corrected chi connectivity index (χ0v) is 17.8. The summed E-state index contributed by atoms with van der Waals surface area (Å²) < 4.78 is 23.1. The van der Waals surface area contributed by atoms with E-state index in [1.54, 1.807) is 37.3 Å². The monoisotopic (exact) mass is 445 g/mol. The van der Waals surface area contributed by atoms with Crippen molar-refractivity contribution >= 4 is 32.9 Å². The quantitative estimate of drug-likeness (QED) is 0.374. The predicted molar refractivity (Wildman–Crippen MR) is 116 cm³/mol. The van der Waals surface area contributed by atoms with Gasteiger partial charge in [-0.25, -0.2) is 8.42 Å². The van der Waals surface area contributed by atoms with Crippen LogP contribution in [0.3, 0.4) is 0 Å². The van der Waals surface area contributed by atoms with Crippen molar-refractivity contribution in [2.45, 2.75) is 19.4 Å². The summed E-state index contributed by atoms with van der Waals surface area (Å²) in [7, 11) is -3.13. The zero-order chi connectivity index (χ0) is 22.6. The molecule has 9 nitrogen and oxygen atoms in total. The van der Waals surface area contributed by atoms with Crippen molar-refractivity contribution in [1.82, 2.24) is 5.32 Å². The molecule has 1 saturated heterocycles. The highest BCUT2D eigenvalue weighted by atomic mass is 32.2. The summed E-state index contributed by atoms with van der Waals surface area (Å²) in [6, 6.07) is 12.2. The summed E-state index contributed by atoms with van der Waals surface area (Å²) in [6.07, 6.45) is 0.358. The number of hydrogen-bond acceptors (Lipinski definition) is 7. The maximum Gasteiger partial charge on any atom is 0.293 e. The number of amides is 1. The lowest BCUT2D eigenvalue weighted by Crippen LogP contribution is -2.42. The Morgan fingerprint density at radius 1 is 1.16 bits per heavy atom. The van der Waals surface area contributed by atoms with Gasteiger partial charge in [0.2, 0.25) is 5.91 Å². The second kappa shape index (κ2) is 9.25. The van der Waals surface area contributed by atoms with E-state index in [0.717, 1.165) is 0 Å². The van der Waals surface area contributed by atoms with E-state index in [1.807, 2.05) is 0 Å². The van der Waals surface area contributed by atoms with Crippen molar-refractivity contribution in [2.24, 2.45) is 0 Å². The number of nitrogens with one attached hydrogen (secondary N) is 1. The number of nitro benzene ring substituents is 1. The summed E-state index contributed by atoms with van der Waals surface area (Å²) in [5.74, 6) is -0.805. The molecular formula is C21H23N3O6S. The molecule has 3 rings (SSSR count). The first kappa shape index (κ1) is 22.4. The number of hydrogen-bond donors (Lipinski definition) is 1. The van der Waals surface area contributed by atoms with Crippen molar-refractivity contribution in [2.75, 3.05) is 29.5 Å². The fourth-order valence-electron chi connectivity index (χ4n) is 3.56. The number of likely N-dealkylation sites (N-methyl/N-ethyl adjacent to an activating group) is 1. The van der Waals surface area contributed by atoms with Crippen molar-refractivity contribution in [3.8, 4) is 0 Å². The van der Waals surface area contributed by atoms with Gasteiger partial charge in [-0.2, -0.15) is 0 Å². The fourth-order valence-corrected chi connectivity index (χ4v) is 5.23. The van der Waals surface area contributed by atoms with E-state index in [0.29, 0.717) is 18.5 Å². The van der Waals surface area contributed by atoms with Gasteiger partial charge in [0.15, 0.2) is 15.6 Å². The van der Waals surface area contributed by atoms with Crippen LogP contribution >= 0.6 is 0 Å². The van der Waals surface area contributed by atoms with Gasteiger partial charge in [0.05, 0.1) is 23.0 Å². The van der Waals surface area contributed by atoms with Crippen molar-refractivity contribution in [3.63, 3.8) is 0 Å². The minimum Gasteiger partial charge on any atom is -0.357 e. The van der Waals surface area contributed by atoms with Crippen LogP contribution in [0.4, 0.5) is 11.4 Å². The third kappa shape index (κ3) is 5.46. The average Bonchev–Trinajstić information content (AvgIpc) is 3.09. The molecule has 31 heavy (non-hydrogen) atoms. The second-order valence-electron chi connectivity index (χ2n) is 7.34. The lowest BCUT2D eigenvalue weighted by Gasteiger charge is -2.23. The lowest BCUT2D eigenvalue weighted by molar-refractivity contribution is -0.384. The molecule has 1 fully saturated rings. The molecule has 1 N–H and O–H groups in total. The number of ketones is 1.